The molecule has 37 heavy (non-hydrogen) atoms. The maximum Gasteiger partial charge on any atom is 0.415 e. The third-order valence-corrected chi connectivity index (χ3v) is 7.28. The van der Waals surface area contributed by atoms with Crippen LogP contribution in [-0.2, 0) is 10.2 Å². The second kappa shape index (κ2) is 10.5. The van der Waals surface area contributed by atoms with E-state index in [0.717, 1.165) is 4.70 Å². The van der Waals surface area contributed by atoms with E-state index < -0.39 is 11.5 Å². The number of aromatic hydroxyl groups is 2. The zero-order chi connectivity index (χ0) is 27.7. The first-order valence-electron chi connectivity index (χ1n) is 11.5. The van der Waals surface area contributed by atoms with Crippen LogP contribution in [0.3, 0.4) is 0 Å². The van der Waals surface area contributed by atoms with Crippen molar-refractivity contribution >= 4 is 46.7 Å². The number of hydrogen-bond donors (Lipinski definition) is 2. The minimum Gasteiger partial charge on any atom is -0.507 e. The van der Waals surface area contributed by atoms with Crippen LogP contribution in [0.1, 0.15) is 36.4 Å². The van der Waals surface area contributed by atoms with Gasteiger partial charge >= 0.3 is 6.09 Å². The van der Waals surface area contributed by atoms with Gasteiger partial charge < -0.3 is 24.7 Å². The van der Waals surface area contributed by atoms with Gasteiger partial charge in [0.25, 0.3) is 0 Å². The zero-order valence-electron chi connectivity index (χ0n) is 21.6. The minimum atomic E-state index is -0.838. The van der Waals surface area contributed by atoms with Crippen molar-refractivity contribution < 1.29 is 24.5 Å². The number of phenolic OH excluding ortho intramolecular Hbond substituents is 2. The summed E-state index contributed by atoms with van der Waals surface area (Å²) in [5, 5.41) is 31.0. The van der Waals surface area contributed by atoms with Gasteiger partial charge in [-0.25, -0.2) is 9.78 Å². The third kappa shape index (κ3) is 5.67. The molecule has 0 atom stereocenters. The number of fused-ring (bicyclic) bond motifs is 1. The van der Waals surface area contributed by atoms with Gasteiger partial charge in [0.1, 0.15) is 23.3 Å². The molecule has 1 aromatic heterocycles. The van der Waals surface area contributed by atoms with Gasteiger partial charge in [0, 0.05) is 66.7 Å². The summed E-state index contributed by atoms with van der Waals surface area (Å²) in [7, 11) is 3.20. The van der Waals surface area contributed by atoms with Crippen LogP contribution < -0.4 is 15.2 Å². The Labute approximate surface area is 219 Å². The van der Waals surface area contributed by atoms with Gasteiger partial charge in [0.05, 0.1) is 10.2 Å². The van der Waals surface area contributed by atoms with E-state index in [1.165, 1.54) is 21.1 Å². The number of nitriles is 1. The van der Waals surface area contributed by atoms with Gasteiger partial charge in [-0.15, -0.1) is 11.3 Å². The highest BCUT2D eigenvalue weighted by Gasteiger charge is 2.31. The molecule has 0 fully saturated rings. The molecule has 2 amide bonds. The molecule has 10 heteroatoms. The molecule has 194 valence electrons. The average Bonchev–Trinajstić information content (AvgIpc) is 3.26. The van der Waals surface area contributed by atoms with Crippen molar-refractivity contribution in [3.05, 3.63) is 44.8 Å². The lowest BCUT2D eigenvalue weighted by Crippen LogP contribution is -2.41. The maximum absolute atomic E-state index is 13.0. The van der Waals surface area contributed by atoms with E-state index in [9.17, 15) is 19.8 Å². The molecule has 9 nitrogen and oxygen atoms in total. The fourth-order valence-corrected chi connectivity index (χ4v) is 4.79. The summed E-state index contributed by atoms with van der Waals surface area (Å²) in [6, 6.07) is 6.95. The highest BCUT2D eigenvalue weighted by Crippen LogP contribution is 2.32. The van der Waals surface area contributed by atoms with Crippen molar-refractivity contribution in [3.8, 4) is 23.3 Å². The third-order valence-electron chi connectivity index (χ3n) is 6.36. The number of carbonyl (C=O) groups excluding carboxylic acids is 2. The molecule has 0 spiro atoms. The number of benzene rings is 2. The van der Waals surface area contributed by atoms with E-state index in [0.29, 0.717) is 32.6 Å². The Balaban J connectivity index is 1.61. The number of ether oxygens (including phenoxy) is 1. The Hall–Kier alpha value is -4.10. The lowest BCUT2D eigenvalue weighted by atomic mass is 9.78. The van der Waals surface area contributed by atoms with Crippen molar-refractivity contribution in [1.29, 1.82) is 5.26 Å². The predicted molar refractivity (Wildman–Crippen MR) is 143 cm³/mol. The van der Waals surface area contributed by atoms with Crippen molar-refractivity contribution in [1.82, 2.24) is 14.8 Å². The molecule has 1 heterocycles. The van der Waals surface area contributed by atoms with Gasteiger partial charge in [-0.05, 0) is 19.1 Å². The van der Waals surface area contributed by atoms with Gasteiger partial charge in [0.2, 0.25) is 5.91 Å². The fourth-order valence-electron chi connectivity index (χ4n) is 4.00. The Bertz CT molecular complexity index is 1520. The van der Waals surface area contributed by atoms with Crippen LogP contribution >= 0.6 is 11.3 Å². The van der Waals surface area contributed by atoms with Crippen LogP contribution in [0, 0.1) is 18.3 Å². The quantitative estimate of drug-likeness (QED) is 0.457. The molecule has 0 aliphatic carbocycles. The monoisotopic (exact) mass is 522 g/mol. The first kappa shape index (κ1) is 27.5. The lowest BCUT2D eigenvalue weighted by molar-refractivity contribution is -0.131. The smallest absolute Gasteiger partial charge is 0.415 e. The van der Waals surface area contributed by atoms with Crippen molar-refractivity contribution in [3.63, 3.8) is 0 Å². The Morgan fingerprint density at radius 1 is 1.14 bits per heavy atom. The molecule has 0 bridgehead atoms. The second-order valence-electron chi connectivity index (χ2n) is 9.58. The molecule has 0 aliphatic rings. The van der Waals surface area contributed by atoms with Crippen LogP contribution in [0.25, 0.3) is 23.4 Å². The van der Waals surface area contributed by atoms with Crippen LogP contribution in [0.15, 0.2) is 18.2 Å². The molecule has 3 aromatic rings. The first-order valence-corrected chi connectivity index (χ1v) is 12.3. The maximum atomic E-state index is 13.0. The summed E-state index contributed by atoms with van der Waals surface area (Å²) in [5.74, 6) is -0.00538. The van der Waals surface area contributed by atoms with Gasteiger partial charge in [-0.3, -0.25) is 4.79 Å². The largest absolute Gasteiger partial charge is 0.507 e. The summed E-state index contributed by atoms with van der Waals surface area (Å²) < 4.78 is 6.17. The standard InChI is InChI=1S/C27H30N4O5S/c1-15-16(2)25(34)23(17(3)24(15)33)27(4,5)13-22(32)30(6)10-11-31(7)26(35)36-18-8-9-19-20(12-18)37-21(14-28)29-19/h8-9,12,33-34H,2-3,10-11,13H2,1,4-7H3. The lowest BCUT2D eigenvalue weighted by Gasteiger charge is -2.30. The van der Waals surface area contributed by atoms with Crippen LogP contribution in [0.2, 0.25) is 0 Å². The highest BCUT2D eigenvalue weighted by atomic mass is 32.1. The zero-order valence-corrected chi connectivity index (χ0v) is 22.4. The summed E-state index contributed by atoms with van der Waals surface area (Å²) >= 11 is 1.21. The number of nitrogens with zero attached hydrogens (tertiary/aromatic N) is 4. The van der Waals surface area contributed by atoms with Gasteiger partial charge in [-0.2, -0.15) is 5.26 Å². The SMILES string of the molecule is C=c1c(C)c(O)c(=C)c(C(C)(C)CC(=O)N(C)CCN(C)C(=O)Oc2ccc3nc(C#N)sc3c2)c1O. The Kier molecular flexibility index (Phi) is 7.79. The second-order valence-corrected chi connectivity index (χ2v) is 10.6. The molecule has 2 aromatic carbocycles. The predicted octanol–water partition coefficient (Wildman–Crippen LogP) is 2.97. The molecule has 0 saturated heterocycles. The van der Waals surface area contributed by atoms with E-state index in [-0.39, 0.29) is 42.1 Å². The van der Waals surface area contributed by atoms with E-state index in [4.69, 9.17) is 10.00 Å². The normalized spacial score (nSPS) is 11.2. The summed E-state index contributed by atoms with van der Waals surface area (Å²) in [6.07, 6.45) is -0.551. The number of aromatic nitrogens is 1. The summed E-state index contributed by atoms with van der Waals surface area (Å²) in [6.45, 7) is 13.4. The molecule has 0 aliphatic heterocycles. The van der Waals surface area contributed by atoms with Crippen LogP contribution in [-0.4, -0.2) is 64.2 Å². The van der Waals surface area contributed by atoms with E-state index in [2.05, 4.69) is 18.1 Å². The Morgan fingerprint density at radius 2 is 1.78 bits per heavy atom. The van der Waals surface area contributed by atoms with Gasteiger partial charge in [0.15, 0.2) is 5.01 Å². The molecule has 2 N–H and O–H groups in total. The topological polar surface area (TPSA) is 127 Å². The summed E-state index contributed by atoms with van der Waals surface area (Å²) in [5.41, 5.74) is 0.641. The molecule has 3 rings (SSSR count). The molecule has 0 unspecified atom stereocenters. The Morgan fingerprint density at radius 3 is 2.43 bits per heavy atom. The summed E-state index contributed by atoms with van der Waals surface area (Å²) in [4.78, 5) is 32.6. The number of carbonyl (C=O) groups is 2. The van der Waals surface area contributed by atoms with Crippen molar-refractivity contribution in [2.75, 3.05) is 27.2 Å². The van der Waals surface area contributed by atoms with Crippen LogP contribution in [0.5, 0.6) is 17.2 Å². The molecule has 0 saturated carbocycles. The van der Waals surface area contributed by atoms with Gasteiger partial charge in [-0.1, -0.05) is 27.0 Å². The molecule has 0 radical (unpaired) electrons. The number of amides is 2. The number of hydrogen-bond acceptors (Lipinski definition) is 8. The molecular weight excluding hydrogens is 492 g/mol. The van der Waals surface area contributed by atoms with E-state index in [1.54, 1.807) is 53.1 Å². The number of thiazole rings is 1. The fraction of sp³-hybridized carbons (Fsp3) is 0.333. The van der Waals surface area contributed by atoms with Crippen LogP contribution in [0.4, 0.5) is 4.79 Å². The average molecular weight is 523 g/mol. The number of likely N-dealkylation sites (N-methyl/N-ethyl adjacent to an activating group) is 2. The van der Waals surface area contributed by atoms with E-state index in [1.807, 2.05) is 6.07 Å². The number of phenols is 2. The van der Waals surface area contributed by atoms with E-state index >= 15 is 0 Å². The first-order chi connectivity index (χ1) is 17.3. The van der Waals surface area contributed by atoms with Crippen molar-refractivity contribution in [2.45, 2.75) is 32.6 Å². The number of rotatable bonds is 7. The highest BCUT2D eigenvalue weighted by molar-refractivity contribution is 7.19. The van der Waals surface area contributed by atoms with Crippen molar-refractivity contribution in [2.24, 2.45) is 0 Å². The molecular formula is C27H30N4O5S. The minimum absolute atomic E-state index is 0.0369.